The Hall–Kier alpha value is -3.97. The molecule has 1 atom stereocenters. The van der Waals surface area contributed by atoms with E-state index < -0.39 is 27.6 Å². The predicted molar refractivity (Wildman–Crippen MR) is 182 cm³/mol. The van der Waals surface area contributed by atoms with Crippen LogP contribution in [0.3, 0.4) is 0 Å². The number of nitrogens with zero attached hydrogens (tertiary/aromatic N) is 4. The van der Waals surface area contributed by atoms with Crippen LogP contribution in [-0.2, 0) is 36.3 Å². The summed E-state index contributed by atoms with van der Waals surface area (Å²) < 4.78 is 47.1. The van der Waals surface area contributed by atoms with Gasteiger partial charge >= 0.3 is 6.09 Å². The second-order valence-corrected chi connectivity index (χ2v) is 14.5. The van der Waals surface area contributed by atoms with Crippen LogP contribution in [0, 0.1) is 6.92 Å². The lowest BCUT2D eigenvalue weighted by Crippen LogP contribution is -2.55. The molecule has 0 radical (unpaired) electrons. The van der Waals surface area contributed by atoms with Crippen molar-refractivity contribution >= 4 is 27.7 Å². The molecule has 0 aromatic heterocycles. The summed E-state index contributed by atoms with van der Waals surface area (Å²) in [6, 6.07) is 18.9. The Bertz CT molecular complexity index is 1770. The molecule has 3 aliphatic heterocycles. The maximum absolute atomic E-state index is 15.1. The summed E-state index contributed by atoms with van der Waals surface area (Å²) in [7, 11) is 0.771. The van der Waals surface area contributed by atoms with Crippen molar-refractivity contribution in [2.45, 2.75) is 42.7 Å². The summed E-state index contributed by atoms with van der Waals surface area (Å²) >= 11 is 0. The number of hydrogen-bond acceptors (Lipinski definition) is 9. The molecule has 3 aliphatic rings. The number of likely N-dealkylation sites (tertiary alicyclic amines) is 1. The molecule has 0 N–H and O–H groups in total. The number of rotatable bonds is 9. The molecular formula is C36H44N4O7S. The molecular weight excluding hydrogens is 632 g/mol. The van der Waals surface area contributed by atoms with Crippen LogP contribution >= 0.6 is 0 Å². The molecule has 11 nitrogen and oxygen atoms in total. The lowest BCUT2D eigenvalue weighted by Gasteiger charge is -2.42. The number of anilines is 1. The van der Waals surface area contributed by atoms with E-state index in [0.29, 0.717) is 67.7 Å². The van der Waals surface area contributed by atoms with Crippen LogP contribution in [-0.4, -0.2) is 108 Å². The van der Waals surface area contributed by atoms with Crippen molar-refractivity contribution in [1.29, 1.82) is 0 Å². The summed E-state index contributed by atoms with van der Waals surface area (Å²) in [5.74, 6) is -0.504. The number of sulfonamides is 1. The maximum Gasteiger partial charge on any atom is 0.411 e. The second kappa shape index (κ2) is 13.9. The molecule has 0 aliphatic carbocycles. The highest BCUT2D eigenvalue weighted by Crippen LogP contribution is 2.51. The van der Waals surface area contributed by atoms with Gasteiger partial charge in [0.1, 0.15) is 5.75 Å². The third-order valence-electron chi connectivity index (χ3n) is 9.89. The Morgan fingerprint density at radius 3 is 2.27 bits per heavy atom. The fourth-order valence-corrected chi connectivity index (χ4v) is 8.87. The lowest BCUT2D eigenvalue weighted by atomic mass is 9.83. The van der Waals surface area contributed by atoms with E-state index in [4.69, 9.17) is 14.2 Å². The first-order valence-corrected chi connectivity index (χ1v) is 17.9. The quantitative estimate of drug-likeness (QED) is 0.332. The summed E-state index contributed by atoms with van der Waals surface area (Å²) in [5.41, 5.74) is -0.249. The molecule has 2 amide bonds. The number of piperidine rings is 1. The van der Waals surface area contributed by atoms with Gasteiger partial charge in [0.15, 0.2) is 0 Å². The zero-order chi connectivity index (χ0) is 34.1. The molecule has 3 aromatic rings. The average molecular weight is 677 g/mol. The first-order chi connectivity index (χ1) is 23.1. The summed E-state index contributed by atoms with van der Waals surface area (Å²) in [5, 5.41) is 0. The van der Waals surface area contributed by atoms with E-state index in [2.05, 4.69) is 16.8 Å². The monoisotopic (exact) mass is 676 g/mol. The minimum absolute atomic E-state index is 0.0139. The van der Waals surface area contributed by atoms with Crippen LogP contribution in [0.5, 0.6) is 5.75 Å². The first-order valence-electron chi connectivity index (χ1n) is 16.4. The van der Waals surface area contributed by atoms with Crippen LogP contribution < -0.4 is 9.04 Å². The normalized spacial score (nSPS) is 21.0. The van der Waals surface area contributed by atoms with E-state index in [0.717, 1.165) is 30.2 Å². The average Bonchev–Trinajstić information content (AvgIpc) is 3.35. The number of amides is 2. The number of methoxy groups -OCH3 is 2. The van der Waals surface area contributed by atoms with Crippen molar-refractivity contribution < 1.29 is 32.2 Å². The highest BCUT2D eigenvalue weighted by Gasteiger charge is 2.60. The van der Waals surface area contributed by atoms with Crippen molar-refractivity contribution in [3.8, 4) is 5.75 Å². The van der Waals surface area contributed by atoms with Gasteiger partial charge in [-0.1, -0.05) is 42.5 Å². The largest absolute Gasteiger partial charge is 0.497 e. The lowest BCUT2D eigenvalue weighted by molar-refractivity contribution is -0.132. The molecule has 3 heterocycles. The topological polar surface area (TPSA) is 109 Å². The van der Waals surface area contributed by atoms with Crippen LogP contribution in [0.2, 0.25) is 0 Å². The number of ether oxygens (including phenoxy) is 3. The molecule has 2 fully saturated rings. The highest BCUT2D eigenvalue weighted by atomic mass is 32.2. The van der Waals surface area contributed by atoms with Crippen molar-refractivity contribution in [3.05, 3.63) is 89.0 Å². The van der Waals surface area contributed by atoms with E-state index in [1.54, 1.807) is 61.4 Å². The van der Waals surface area contributed by atoms with E-state index in [1.807, 2.05) is 12.1 Å². The molecule has 2 saturated heterocycles. The Morgan fingerprint density at radius 1 is 0.896 bits per heavy atom. The van der Waals surface area contributed by atoms with Crippen molar-refractivity contribution in [2.24, 2.45) is 0 Å². The Labute approximate surface area is 283 Å². The number of carbonyl (C=O) groups excluding carboxylic acids is 2. The summed E-state index contributed by atoms with van der Waals surface area (Å²) in [6.45, 7) is 6.34. The third kappa shape index (κ3) is 6.06. The molecule has 0 spiro atoms. The van der Waals surface area contributed by atoms with Crippen molar-refractivity contribution in [1.82, 2.24) is 14.7 Å². The van der Waals surface area contributed by atoms with E-state index in [1.165, 1.54) is 19.2 Å². The van der Waals surface area contributed by atoms with Gasteiger partial charge in [0, 0.05) is 50.5 Å². The van der Waals surface area contributed by atoms with E-state index >= 15 is 4.79 Å². The SMILES string of the molecule is COCCc1ccccc1C1(OC(=O)N2CCN(C3CCN(C)CC3)CC2)C(=O)N(S(=O)(=O)c2ccccc2C)c2ccc(OC)cc21. The second-order valence-electron chi connectivity index (χ2n) is 12.7. The fourth-order valence-electron chi connectivity index (χ4n) is 7.18. The molecule has 0 bridgehead atoms. The highest BCUT2D eigenvalue weighted by molar-refractivity contribution is 7.93. The smallest absolute Gasteiger partial charge is 0.411 e. The number of carbonyl (C=O) groups is 2. The zero-order valence-corrected chi connectivity index (χ0v) is 28.9. The Morgan fingerprint density at radius 2 is 1.58 bits per heavy atom. The fraction of sp³-hybridized carbons (Fsp3) is 0.444. The molecule has 3 aromatic carbocycles. The van der Waals surface area contributed by atoms with Crippen LogP contribution in [0.25, 0.3) is 0 Å². The van der Waals surface area contributed by atoms with Crippen molar-refractivity contribution in [3.63, 3.8) is 0 Å². The van der Waals surface area contributed by atoms with Crippen molar-refractivity contribution in [2.75, 3.05) is 71.4 Å². The van der Waals surface area contributed by atoms with Gasteiger partial charge in [-0.05, 0) is 81.7 Å². The number of piperazine rings is 1. The first kappa shape index (κ1) is 33.9. The minimum Gasteiger partial charge on any atom is -0.497 e. The van der Waals surface area contributed by atoms with Gasteiger partial charge in [0.05, 0.1) is 24.3 Å². The molecule has 256 valence electrons. The van der Waals surface area contributed by atoms with Gasteiger partial charge in [0.25, 0.3) is 15.9 Å². The van der Waals surface area contributed by atoms with Gasteiger partial charge < -0.3 is 24.0 Å². The van der Waals surface area contributed by atoms with Crippen LogP contribution in [0.15, 0.2) is 71.6 Å². The molecule has 6 rings (SSSR count). The summed E-state index contributed by atoms with van der Waals surface area (Å²) in [4.78, 5) is 35.8. The predicted octanol–water partition coefficient (Wildman–Crippen LogP) is 4.02. The van der Waals surface area contributed by atoms with Gasteiger partial charge in [-0.15, -0.1) is 0 Å². The Kier molecular flexibility index (Phi) is 9.80. The molecule has 0 saturated carbocycles. The zero-order valence-electron chi connectivity index (χ0n) is 28.1. The van der Waals surface area contributed by atoms with Gasteiger partial charge in [-0.25, -0.2) is 13.2 Å². The number of fused-ring (bicyclic) bond motifs is 1. The molecule has 48 heavy (non-hydrogen) atoms. The van der Waals surface area contributed by atoms with E-state index in [-0.39, 0.29) is 16.1 Å². The number of benzene rings is 3. The third-order valence-corrected chi connectivity index (χ3v) is 11.7. The molecule has 12 heteroatoms. The van der Waals surface area contributed by atoms with Gasteiger partial charge in [-0.3, -0.25) is 9.69 Å². The van der Waals surface area contributed by atoms with Crippen LogP contribution in [0.1, 0.15) is 35.1 Å². The minimum atomic E-state index is -4.44. The summed E-state index contributed by atoms with van der Waals surface area (Å²) in [6.07, 6.45) is 1.89. The van der Waals surface area contributed by atoms with Gasteiger partial charge in [-0.2, -0.15) is 4.31 Å². The maximum atomic E-state index is 15.1. The standard InChI is InChI=1S/C36H44N4O7S/c1-26-9-5-8-12-33(26)48(43,44)40-32-14-13-29(46-4)25-31(32)36(34(40)41,30-11-7-6-10-27(30)17-24-45-3)47-35(42)39-22-20-38(21-23-39)28-15-18-37(2)19-16-28/h5-14,25,28H,15-24H2,1-4H3. The number of hydrogen-bond donors (Lipinski definition) is 0. The van der Waals surface area contributed by atoms with Crippen LogP contribution in [0.4, 0.5) is 10.5 Å². The van der Waals surface area contributed by atoms with E-state index in [9.17, 15) is 13.2 Å². The van der Waals surface area contributed by atoms with Gasteiger partial charge in [0.2, 0.25) is 5.60 Å². The molecule has 1 unspecified atom stereocenters. The Balaban J connectivity index is 1.44. The number of aryl methyl sites for hydroxylation is 1.